The van der Waals surface area contributed by atoms with E-state index in [4.69, 9.17) is 16.3 Å². The lowest BCUT2D eigenvalue weighted by atomic mass is 10.1. The summed E-state index contributed by atoms with van der Waals surface area (Å²) in [6.07, 6.45) is 2.59. The van der Waals surface area contributed by atoms with Gasteiger partial charge in [-0.15, -0.1) is 0 Å². The number of halogens is 1. The van der Waals surface area contributed by atoms with Crippen molar-refractivity contribution in [2.75, 3.05) is 6.54 Å². The third kappa shape index (κ3) is 5.61. The number of hydrogen-bond donors (Lipinski definition) is 1. The minimum Gasteiger partial charge on any atom is -0.488 e. The number of carbonyl (C=O) groups excluding carboxylic acids is 1. The summed E-state index contributed by atoms with van der Waals surface area (Å²) in [5.74, 6) is 0.838. The predicted octanol–water partition coefficient (Wildman–Crippen LogP) is 4.86. The van der Waals surface area contributed by atoms with Crippen molar-refractivity contribution in [2.24, 2.45) is 0 Å². The topological polar surface area (TPSA) is 56.1 Å². The number of para-hydroxylation sites is 1. The Morgan fingerprint density at radius 2 is 1.79 bits per heavy atom. The van der Waals surface area contributed by atoms with E-state index in [0.717, 1.165) is 34.6 Å². The summed E-state index contributed by atoms with van der Waals surface area (Å²) in [4.78, 5) is 12.3. The molecule has 29 heavy (non-hydrogen) atoms. The number of amides is 1. The van der Waals surface area contributed by atoms with Crippen LogP contribution < -0.4 is 10.1 Å². The zero-order chi connectivity index (χ0) is 20.8. The molecular formula is C23H26ClN3O2. The zero-order valence-electron chi connectivity index (χ0n) is 17.0. The molecule has 1 aromatic heterocycles. The van der Waals surface area contributed by atoms with E-state index in [1.165, 1.54) is 0 Å². The Hall–Kier alpha value is -2.79. The molecule has 0 spiro atoms. The summed E-state index contributed by atoms with van der Waals surface area (Å²) in [6.45, 7) is 7.71. The second-order valence-electron chi connectivity index (χ2n) is 7.14. The molecule has 0 aliphatic heterocycles. The maximum Gasteiger partial charge on any atom is 0.251 e. The van der Waals surface area contributed by atoms with Gasteiger partial charge in [0.15, 0.2) is 0 Å². The summed E-state index contributed by atoms with van der Waals surface area (Å²) in [6, 6.07) is 13.6. The molecule has 0 atom stereocenters. The van der Waals surface area contributed by atoms with Gasteiger partial charge in [-0.25, -0.2) is 0 Å². The summed E-state index contributed by atoms with van der Waals surface area (Å²) in [7, 11) is 0. The molecule has 3 aromatic rings. The molecule has 1 N–H and O–H groups in total. The standard InChI is InChI=1S/C23H26ClN3O2/c1-16-6-4-7-17(2)22(16)29-15-19-8-10-20(11-9-19)23(28)25-12-5-13-27-14-21(24)18(3)26-27/h4,6-11,14H,5,12-13,15H2,1-3H3,(H,25,28). The lowest BCUT2D eigenvalue weighted by molar-refractivity contribution is 0.0952. The van der Waals surface area contributed by atoms with Crippen molar-refractivity contribution in [2.45, 2.75) is 40.3 Å². The van der Waals surface area contributed by atoms with E-state index in [1.807, 2.05) is 63.2 Å². The van der Waals surface area contributed by atoms with E-state index >= 15 is 0 Å². The van der Waals surface area contributed by atoms with Crippen molar-refractivity contribution in [1.29, 1.82) is 0 Å². The average molecular weight is 412 g/mol. The molecule has 2 aromatic carbocycles. The van der Waals surface area contributed by atoms with Gasteiger partial charge in [-0.1, -0.05) is 41.9 Å². The summed E-state index contributed by atoms with van der Waals surface area (Å²) in [5.41, 5.74) is 4.72. The number of carbonyl (C=O) groups is 1. The molecule has 1 amide bonds. The highest BCUT2D eigenvalue weighted by molar-refractivity contribution is 6.31. The Morgan fingerprint density at radius 3 is 2.41 bits per heavy atom. The molecule has 0 bridgehead atoms. The normalized spacial score (nSPS) is 10.8. The smallest absolute Gasteiger partial charge is 0.251 e. The lowest BCUT2D eigenvalue weighted by Gasteiger charge is -2.12. The van der Waals surface area contributed by atoms with Gasteiger partial charge in [0.05, 0.1) is 10.7 Å². The summed E-state index contributed by atoms with van der Waals surface area (Å²) < 4.78 is 7.77. The monoisotopic (exact) mass is 411 g/mol. The van der Waals surface area contributed by atoms with Crippen LogP contribution >= 0.6 is 11.6 Å². The van der Waals surface area contributed by atoms with E-state index in [0.29, 0.717) is 30.3 Å². The molecule has 6 heteroatoms. The Balaban J connectivity index is 1.46. The quantitative estimate of drug-likeness (QED) is 0.538. The van der Waals surface area contributed by atoms with E-state index in [2.05, 4.69) is 10.4 Å². The van der Waals surface area contributed by atoms with Gasteiger partial charge in [0, 0.05) is 24.8 Å². The minimum atomic E-state index is -0.0816. The number of nitrogens with one attached hydrogen (secondary N) is 1. The largest absolute Gasteiger partial charge is 0.488 e. The molecule has 0 saturated heterocycles. The number of benzene rings is 2. The predicted molar refractivity (Wildman–Crippen MR) is 116 cm³/mol. The number of ether oxygens (including phenoxy) is 1. The number of nitrogens with zero attached hydrogens (tertiary/aromatic N) is 2. The lowest BCUT2D eigenvalue weighted by Crippen LogP contribution is -2.25. The number of aromatic nitrogens is 2. The van der Waals surface area contributed by atoms with Gasteiger partial charge >= 0.3 is 0 Å². The highest BCUT2D eigenvalue weighted by Crippen LogP contribution is 2.23. The first kappa shape index (κ1) is 20.9. The van der Waals surface area contributed by atoms with Gasteiger partial charge in [-0.2, -0.15) is 5.10 Å². The molecule has 0 aliphatic rings. The molecule has 1 heterocycles. The second-order valence-corrected chi connectivity index (χ2v) is 7.55. The average Bonchev–Trinajstić information content (AvgIpc) is 3.02. The number of rotatable bonds is 8. The highest BCUT2D eigenvalue weighted by Gasteiger charge is 2.07. The number of aryl methyl sites for hydroxylation is 4. The Kier molecular flexibility index (Phi) is 6.94. The molecular weight excluding hydrogens is 386 g/mol. The van der Waals surface area contributed by atoms with Crippen LogP contribution in [0, 0.1) is 20.8 Å². The first-order valence-electron chi connectivity index (χ1n) is 9.70. The van der Waals surface area contributed by atoms with E-state index in [9.17, 15) is 4.79 Å². The SMILES string of the molecule is Cc1cccc(C)c1OCc1ccc(C(=O)NCCCn2cc(Cl)c(C)n2)cc1. The Labute approximate surface area is 176 Å². The van der Waals surface area contributed by atoms with Crippen molar-refractivity contribution in [3.8, 4) is 5.75 Å². The first-order valence-corrected chi connectivity index (χ1v) is 10.1. The molecule has 0 fully saturated rings. The van der Waals surface area contributed by atoms with Crippen molar-refractivity contribution in [3.63, 3.8) is 0 Å². The fraction of sp³-hybridized carbons (Fsp3) is 0.304. The van der Waals surface area contributed by atoms with Crippen LogP contribution in [0.4, 0.5) is 0 Å². The van der Waals surface area contributed by atoms with Gasteiger partial charge in [0.1, 0.15) is 12.4 Å². The molecule has 0 unspecified atom stereocenters. The Bertz CT molecular complexity index is 941. The second kappa shape index (κ2) is 9.61. The summed E-state index contributed by atoms with van der Waals surface area (Å²) in [5, 5.41) is 7.91. The third-order valence-electron chi connectivity index (χ3n) is 4.74. The molecule has 5 nitrogen and oxygen atoms in total. The first-order chi connectivity index (χ1) is 13.9. The van der Waals surface area contributed by atoms with E-state index in [1.54, 1.807) is 10.9 Å². The molecule has 3 rings (SSSR count). The maximum atomic E-state index is 12.3. The minimum absolute atomic E-state index is 0.0816. The van der Waals surface area contributed by atoms with Crippen LogP contribution in [-0.4, -0.2) is 22.2 Å². The maximum absolute atomic E-state index is 12.3. The van der Waals surface area contributed by atoms with Crippen LogP contribution in [0.5, 0.6) is 5.75 Å². The van der Waals surface area contributed by atoms with Gasteiger partial charge in [-0.3, -0.25) is 9.48 Å². The van der Waals surface area contributed by atoms with Crippen molar-refractivity contribution in [1.82, 2.24) is 15.1 Å². The molecule has 0 saturated carbocycles. The van der Waals surface area contributed by atoms with Gasteiger partial charge in [0.25, 0.3) is 5.91 Å². The van der Waals surface area contributed by atoms with Crippen LogP contribution in [-0.2, 0) is 13.2 Å². The zero-order valence-corrected chi connectivity index (χ0v) is 17.8. The van der Waals surface area contributed by atoms with Crippen LogP contribution in [0.2, 0.25) is 5.02 Å². The summed E-state index contributed by atoms with van der Waals surface area (Å²) >= 11 is 6.00. The third-order valence-corrected chi connectivity index (χ3v) is 5.12. The van der Waals surface area contributed by atoms with Crippen molar-refractivity contribution >= 4 is 17.5 Å². The number of hydrogen-bond acceptors (Lipinski definition) is 3. The van der Waals surface area contributed by atoms with Gasteiger partial charge in [0.2, 0.25) is 0 Å². The van der Waals surface area contributed by atoms with Crippen LogP contribution in [0.3, 0.4) is 0 Å². The van der Waals surface area contributed by atoms with Crippen LogP contribution in [0.15, 0.2) is 48.7 Å². The van der Waals surface area contributed by atoms with Gasteiger partial charge < -0.3 is 10.1 Å². The van der Waals surface area contributed by atoms with E-state index < -0.39 is 0 Å². The van der Waals surface area contributed by atoms with E-state index in [-0.39, 0.29) is 5.91 Å². The van der Waals surface area contributed by atoms with Gasteiger partial charge in [-0.05, 0) is 56.0 Å². The Morgan fingerprint density at radius 1 is 1.10 bits per heavy atom. The van der Waals surface area contributed by atoms with Crippen molar-refractivity contribution < 1.29 is 9.53 Å². The fourth-order valence-electron chi connectivity index (χ4n) is 3.09. The molecule has 0 aliphatic carbocycles. The highest BCUT2D eigenvalue weighted by atomic mass is 35.5. The molecule has 152 valence electrons. The van der Waals surface area contributed by atoms with Crippen LogP contribution in [0.25, 0.3) is 0 Å². The fourth-order valence-corrected chi connectivity index (χ4v) is 3.24. The van der Waals surface area contributed by atoms with Crippen molar-refractivity contribution in [3.05, 3.63) is 81.6 Å². The molecule has 0 radical (unpaired) electrons. The van der Waals surface area contributed by atoms with Crippen LogP contribution in [0.1, 0.15) is 39.2 Å².